The van der Waals surface area contributed by atoms with Crippen molar-refractivity contribution < 1.29 is 4.42 Å². The monoisotopic (exact) mass is 385 g/mol. The number of fused-ring (bicyclic) bond motifs is 1. The van der Waals surface area contributed by atoms with E-state index in [0.717, 1.165) is 22.7 Å². The van der Waals surface area contributed by atoms with Crippen molar-refractivity contribution in [3.63, 3.8) is 0 Å². The first-order valence-corrected chi connectivity index (χ1v) is 8.94. The van der Waals surface area contributed by atoms with Crippen molar-refractivity contribution in [1.29, 1.82) is 0 Å². The smallest absolute Gasteiger partial charge is 0.296 e. The number of hydrogen-bond donors (Lipinski definition) is 0. The van der Waals surface area contributed by atoms with Crippen LogP contribution in [-0.4, -0.2) is 14.6 Å². The molecule has 0 saturated carbocycles. The third kappa shape index (κ3) is 3.18. The number of benzene rings is 1. The molecule has 0 aliphatic carbocycles. The molecule has 0 amide bonds. The molecule has 6 nitrogen and oxygen atoms in total. The molecule has 8 heteroatoms. The number of aromatic nitrogens is 3. The van der Waals surface area contributed by atoms with E-state index in [1.165, 1.54) is 4.52 Å². The molecule has 3 aromatic heterocycles. The molecule has 0 spiro atoms. The average Bonchev–Trinajstić information content (AvgIpc) is 3.14. The highest BCUT2D eigenvalue weighted by molar-refractivity contribution is 7.15. The summed E-state index contributed by atoms with van der Waals surface area (Å²) < 4.78 is 7.03. The lowest BCUT2D eigenvalue weighted by atomic mass is 10.1. The second kappa shape index (κ2) is 6.51. The number of thiazole rings is 1. The third-order valence-electron chi connectivity index (χ3n) is 3.77. The number of furan rings is 1. The predicted molar refractivity (Wildman–Crippen MR) is 99.9 cm³/mol. The maximum Gasteiger partial charge on any atom is 0.296 e. The summed E-state index contributed by atoms with van der Waals surface area (Å²) in [7, 11) is 0. The Balaban J connectivity index is 1.80. The lowest BCUT2D eigenvalue weighted by Gasteiger charge is -2.00. The standard InChI is InChI=1S/C18H12ClN3O3S/c1-10-2-7-13(25-10)9-15-17(24)22-18(26-15)20-16(23)14(21-22)8-11-3-5-12(19)6-4-11/h2-7,9H,8H2,1H3/b15-9-. The fourth-order valence-corrected chi connectivity index (χ4v) is 3.52. The lowest BCUT2D eigenvalue weighted by Crippen LogP contribution is -2.28. The molecular weight excluding hydrogens is 374 g/mol. The number of halogens is 1. The molecule has 0 fully saturated rings. The van der Waals surface area contributed by atoms with Gasteiger partial charge in [0, 0.05) is 17.5 Å². The van der Waals surface area contributed by atoms with Crippen molar-refractivity contribution in [1.82, 2.24) is 14.6 Å². The number of nitrogens with zero attached hydrogens (tertiary/aromatic N) is 3. The molecule has 0 saturated heterocycles. The van der Waals surface area contributed by atoms with Gasteiger partial charge in [0.2, 0.25) is 4.96 Å². The Labute approximate surface area is 156 Å². The van der Waals surface area contributed by atoms with Crippen molar-refractivity contribution >= 4 is 34.0 Å². The van der Waals surface area contributed by atoms with Crippen LogP contribution in [0, 0.1) is 6.92 Å². The molecule has 0 aliphatic rings. The van der Waals surface area contributed by atoms with Crippen LogP contribution in [0.4, 0.5) is 0 Å². The molecule has 0 N–H and O–H groups in total. The average molecular weight is 386 g/mol. The van der Waals surface area contributed by atoms with Crippen LogP contribution in [0.3, 0.4) is 0 Å². The summed E-state index contributed by atoms with van der Waals surface area (Å²) in [5, 5.41) is 4.83. The molecule has 0 unspecified atom stereocenters. The largest absolute Gasteiger partial charge is 0.462 e. The molecule has 4 aromatic rings. The minimum Gasteiger partial charge on any atom is -0.462 e. The van der Waals surface area contributed by atoms with Gasteiger partial charge in [-0.15, -0.1) is 0 Å². The second-order valence-corrected chi connectivity index (χ2v) is 7.17. The maximum atomic E-state index is 12.6. The van der Waals surface area contributed by atoms with Crippen molar-refractivity contribution in [3.8, 4) is 0 Å². The topological polar surface area (TPSA) is 77.5 Å². The Kier molecular flexibility index (Phi) is 4.18. The van der Waals surface area contributed by atoms with E-state index in [1.54, 1.807) is 24.3 Å². The quantitative estimate of drug-likeness (QED) is 0.540. The summed E-state index contributed by atoms with van der Waals surface area (Å²) in [4.78, 5) is 29.1. The summed E-state index contributed by atoms with van der Waals surface area (Å²) in [5.41, 5.74) is 0.298. The van der Waals surface area contributed by atoms with Gasteiger partial charge < -0.3 is 4.42 Å². The van der Waals surface area contributed by atoms with Crippen LogP contribution in [0.5, 0.6) is 0 Å². The Morgan fingerprint density at radius 3 is 2.65 bits per heavy atom. The van der Waals surface area contributed by atoms with Crippen molar-refractivity contribution in [3.05, 3.63) is 89.4 Å². The van der Waals surface area contributed by atoms with Gasteiger partial charge in [0.25, 0.3) is 11.1 Å². The zero-order valence-corrected chi connectivity index (χ0v) is 15.2. The van der Waals surface area contributed by atoms with Crippen molar-refractivity contribution in [2.24, 2.45) is 0 Å². The minimum absolute atomic E-state index is 0.208. The van der Waals surface area contributed by atoms with Crippen LogP contribution in [-0.2, 0) is 6.42 Å². The highest BCUT2D eigenvalue weighted by Gasteiger charge is 2.12. The van der Waals surface area contributed by atoms with Crippen LogP contribution >= 0.6 is 22.9 Å². The molecule has 1 aromatic carbocycles. The molecule has 130 valence electrons. The highest BCUT2D eigenvalue weighted by Crippen LogP contribution is 2.11. The summed E-state index contributed by atoms with van der Waals surface area (Å²) in [6.45, 7) is 1.82. The normalized spacial score (nSPS) is 12.2. The zero-order valence-electron chi connectivity index (χ0n) is 13.6. The van der Waals surface area contributed by atoms with Gasteiger partial charge in [-0.3, -0.25) is 9.59 Å². The number of rotatable bonds is 3. The van der Waals surface area contributed by atoms with E-state index < -0.39 is 5.56 Å². The summed E-state index contributed by atoms with van der Waals surface area (Å²) >= 11 is 6.97. The van der Waals surface area contributed by atoms with Crippen LogP contribution in [0.15, 0.2) is 50.4 Å². The molecule has 0 atom stereocenters. The fourth-order valence-electron chi connectivity index (χ4n) is 2.51. The first-order chi connectivity index (χ1) is 12.5. The molecule has 4 rings (SSSR count). The van der Waals surface area contributed by atoms with Crippen LogP contribution in [0.1, 0.15) is 22.8 Å². The fraction of sp³-hybridized carbons (Fsp3) is 0.111. The van der Waals surface area contributed by atoms with E-state index >= 15 is 0 Å². The molecule has 0 aliphatic heterocycles. The third-order valence-corrected chi connectivity index (χ3v) is 4.98. The second-order valence-electron chi connectivity index (χ2n) is 5.73. The van der Waals surface area contributed by atoms with Gasteiger partial charge in [0.15, 0.2) is 0 Å². The van der Waals surface area contributed by atoms with Gasteiger partial charge in [-0.1, -0.05) is 35.1 Å². The first-order valence-electron chi connectivity index (χ1n) is 7.75. The van der Waals surface area contributed by atoms with Gasteiger partial charge in [0.1, 0.15) is 21.7 Å². The number of hydrogen-bond acceptors (Lipinski definition) is 6. The molecule has 26 heavy (non-hydrogen) atoms. The predicted octanol–water partition coefficient (Wildman–Crippen LogP) is 2.20. The van der Waals surface area contributed by atoms with Gasteiger partial charge >= 0.3 is 0 Å². The molecule has 3 heterocycles. The summed E-state index contributed by atoms with van der Waals surface area (Å²) in [6, 6.07) is 10.7. The summed E-state index contributed by atoms with van der Waals surface area (Å²) in [5.74, 6) is 1.32. The zero-order chi connectivity index (χ0) is 18.3. The van der Waals surface area contributed by atoms with Crippen molar-refractivity contribution in [2.75, 3.05) is 0 Å². The van der Waals surface area contributed by atoms with E-state index in [9.17, 15) is 9.59 Å². The SMILES string of the molecule is Cc1ccc(/C=c2\sc3nc(=O)c(Cc4ccc(Cl)cc4)nn3c2=O)o1. The Hall–Kier alpha value is -2.77. The van der Waals surface area contributed by atoms with E-state index in [0.29, 0.717) is 15.3 Å². The minimum atomic E-state index is -0.443. The molecule has 0 bridgehead atoms. The van der Waals surface area contributed by atoms with Crippen LogP contribution in [0.25, 0.3) is 11.0 Å². The van der Waals surface area contributed by atoms with Gasteiger partial charge in [-0.05, 0) is 36.8 Å². The van der Waals surface area contributed by atoms with Gasteiger partial charge in [-0.25, -0.2) is 0 Å². The van der Waals surface area contributed by atoms with E-state index in [1.807, 2.05) is 25.1 Å². The Morgan fingerprint density at radius 1 is 1.19 bits per heavy atom. The highest BCUT2D eigenvalue weighted by atomic mass is 35.5. The molecule has 0 radical (unpaired) electrons. The van der Waals surface area contributed by atoms with Crippen LogP contribution in [0.2, 0.25) is 5.02 Å². The molecular formula is C18H12ClN3O3S. The van der Waals surface area contributed by atoms with Gasteiger partial charge in [-0.2, -0.15) is 14.6 Å². The van der Waals surface area contributed by atoms with E-state index in [2.05, 4.69) is 10.1 Å². The Morgan fingerprint density at radius 2 is 1.96 bits per heavy atom. The first kappa shape index (κ1) is 16.7. The summed E-state index contributed by atoms with van der Waals surface area (Å²) in [6.07, 6.45) is 1.90. The van der Waals surface area contributed by atoms with Crippen LogP contribution < -0.4 is 15.7 Å². The maximum absolute atomic E-state index is 12.6. The van der Waals surface area contributed by atoms with E-state index in [-0.39, 0.29) is 22.6 Å². The lowest BCUT2D eigenvalue weighted by molar-refractivity contribution is 0.525. The van der Waals surface area contributed by atoms with Crippen molar-refractivity contribution in [2.45, 2.75) is 13.3 Å². The Bertz CT molecular complexity index is 1270. The van der Waals surface area contributed by atoms with E-state index in [4.69, 9.17) is 16.0 Å². The number of aryl methyl sites for hydroxylation is 1. The van der Waals surface area contributed by atoms with Gasteiger partial charge in [0.05, 0.1) is 0 Å².